The molecule has 0 spiro atoms. The molecule has 1 aliphatic heterocycles. The van der Waals surface area contributed by atoms with Gasteiger partial charge in [-0.05, 0) is 30.5 Å². The number of likely N-dealkylation sites (N-methyl/N-ethyl adjacent to an activating group) is 1. The Morgan fingerprint density at radius 2 is 2.15 bits per heavy atom. The molecule has 0 radical (unpaired) electrons. The van der Waals surface area contributed by atoms with Crippen molar-refractivity contribution in [1.82, 2.24) is 9.80 Å². The summed E-state index contributed by atoms with van der Waals surface area (Å²) in [4.78, 5) is 15.9. The summed E-state index contributed by atoms with van der Waals surface area (Å²) in [6.45, 7) is 2.60. The summed E-state index contributed by atoms with van der Waals surface area (Å²) in [5, 5.41) is 0. The second kappa shape index (κ2) is 6.81. The second-order valence-electron chi connectivity index (χ2n) is 5.49. The highest BCUT2D eigenvalue weighted by Gasteiger charge is 2.19. The largest absolute Gasteiger partial charge is 0.340 e. The zero-order valence-electron chi connectivity index (χ0n) is 11.9. The van der Waals surface area contributed by atoms with Gasteiger partial charge in [-0.3, -0.25) is 9.69 Å². The van der Waals surface area contributed by atoms with E-state index in [-0.39, 0.29) is 17.8 Å². The van der Waals surface area contributed by atoms with Crippen molar-refractivity contribution in [3.63, 3.8) is 0 Å². The van der Waals surface area contributed by atoms with Crippen LogP contribution in [0.15, 0.2) is 24.3 Å². The molecule has 0 aromatic heterocycles. The third kappa shape index (κ3) is 4.28. The van der Waals surface area contributed by atoms with Crippen LogP contribution in [-0.2, 0) is 11.3 Å². The zero-order valence-corrected chi connectivity index (χ0v) is 11.9. The van der Waals surface area contributed by atoms with Crippen LogP contribution in [0.2, 0.25) is 0 Å². The maximum Gasteiger partial charge on any atom is 0.236 e. The predicted molar refractivity (Wildman–Crippen MR) is 76.5 cm³/mol. The number of carbonyl (C=O) groups excluding carboxylic acids is 1. The first-order valence-corrected chi connectivity index (χ1v) is 7.01. The monoisotopic (exact) mass is 279 g/mol. The Morgan fingerprint density at radius 1 is 1.45 bits per heavy atom. The molecule has 0 unspecified atom stereocenters. The Balaban J connectivity index is 1.83. The van der Waals surface area contributed by atoms with Crippen molar-refractivity contribution in [2.45, 2.75) is 25.4 Å². The van der Waals surface area contributed by atoms with Gasteiger partial charge >= 0.3 is 0 Å². The van der Waals surface area contributed by atoms with Gasteiger partial charge in [0, 0.05) is 32.7 Å². The lowest BCUT2D eigenvalue weighted by molar-refractivity contribution is -0.131. The van der Waals surface area contributed by atoms with E-state index in [4.69, 9.17) is 5.73 Å². The molecule has 110 valence electrons. The molecule has 1 saturated heterocycles. The van der Waals surface area contributed by atoms with E-state index in [0.29, 0.717) is 13.1 Å². The van der Waals surface area contributed by atoms with Crippen molar-refractivity contribution in [2.24, 2.45) is 5.73 Å². The summed E-state index contributed by atoms with van der Waals surface area (Å²) < 4.78 is 13.1. The first kappa shape index (κ1) is 14.9. The van der Waals surface area contributed by atoms with Crippen molar-refractivity contribution < 1.29 is 9.18 Å². The summed E-state index contributed by atoms with van der Waals surface area (Å²) in [5.74, 6) is -0.210. The van der Waals surface area contributed by atoms with Crippen molar-refractivity contribution in [3.05, 3.63) is 35.6 Å². The molecule has 0 atom stereocenters. The fraction of sp³-hybridized carbons (Fsp3) is 0.533. The highest BCUT2D eigenvalue weighted by Crippen LogP contribution is 2.10. The van der Waals surface area contributed by atoms with Crippen LogP contribution in [0.5, 0.6) is 0 Å². The van der Waals surface area contributed by atoms with Gasteiger partial charge in [-0.2, -0.15) is 0 Å². The smallest absolute Gasteiger partial charge is 0.236 e. The first-order chi connectivity index (χ1) is 9.54. The summed E-state index contributed by atoms with van der Waals surface area (Å²) in [7, 11) is 1.75. The van der Waals surface area contributed by atoms with E-state index in [0.717, 1.165) is 31.5 Å². The second-order valence-corrected chi connectivity index (χ2v) is 5.49. The van der Waals surface area contributed by atoms with Gasteiger partial charge < -0.3 is 10.6 Å². The Morgan fingerprint density at radius 3 is 2.80 bits per heavy atom. The molecule has 2 rings (SSSR count). The minimum Gasteiger partial charge on any atom is -0.340 e. The normalized spacial score (nSPS) is 17.1. The number of amides is 1. The molecule has 1 heterocycles. The van der Waals surface area contributed by atoms with Crippen molar-refractivity contribution in [2.75, 3.05) is 26.7 Å². The van der Waals surface area contributed by atoms with E-state index >= 15 is 0 Å². The minimum atomic E-state index is -0.270. The number of nitrogens with zero attached hydrogens (tertiary/aromatic N) is 2. The van der Waals surface area contributed by atoms with Gasteiger partial charge in [-0.15, -0.1) is 0 Å². The Bertz CT molecular complexity index is 458. The molecular weight excluding hydrogens is 257 g/mol. The number of likely N-dealkylation sites (tertiary alicyclic amines) is 1. The molecule has 1 aliphatic rings. The predicted octanol–water partition coefficient (Wildman–Crippen LogP) is 1.21. The molecule has 20 heavy (non-hydrogen) atoms. The van der Waals surface area contributed by atoms with E-state index in [1.54, 1.807) is 18.0 Å². The van der Waals surface area contributed by atoms with Crippen LogP contribution in [0.1, 0.15) is 18.4 Å². The van der Waals surface area contributed by atoms with Crippen molar-refractivity contribution in [1.29, 1.82) is 0 Å². The Kier molecular flexibility index (Phi) is 5.09. The third-order valence-electron chi connectivity index (χ3n) is 3.73. The Hall–Kier alpha value is -1.46. The highest BCUT2D eigenvalue weighted by molar-refractivity contribution is 5.78. The first-order valence-electron chi connectivity index (χ1n) is 7.01. The topological polar surface area (TPSA) is 49.6 Å². The molecule has 0 aliphatic carbocycles. The summed E-state index contributed by atoms with van der Waals surface area (Å²) in [6.07, 6.45) is 1.89. The summed E-state index contributed by atoms with van der Waals surface area (Å²) in [6, 6.07) is 6.62. The van der Waals surface area contributed by atoms with Gasteiger partial charge in [0.05, 0.1) is 6.54 Å². The van der Waals surface area contributed by atoms with Crippen molar-refractivity contribution >= 4 is 5.91 Å². The van der Waals surface area contributed by atoms with E-state index in [2.05, 4.69) is 4.90 Å². The number of halogens is 1. The number of nitrogens with two attached hydrogens (primary N) is 1. The van der Waals surface area contributed by atoms with Crippen LogP contribution >= 0.6 is 0 Å². The molecular formula is C15H22FN3O. The third-order valence-corrected chi connectivity index (χ3v) is 3.73. The SMILES string of the molecule is CN(Cc1cccc(F)c1)C(=O)CN1CCC(N)CC1. The minimum absolute atomic E-state index is 0.0599. The van der Waals surface area contributed by atoms with Crippen LogP contribution in [-0.4, -0.2) is 48.4 Å². The number of benzene rings is 1. The fourth-order valence-electron chi connectivity index (χ4n) is 2.42. The molecule has 1 aromatic rings. The summed E-state index contributed by atoms with van der Waals surface area (Å²) >= 11 is 0. The quantitative estimate of drug-likeness (QED) is 0.901. The number of rotatable bonds is 4. The van der Waals surface area contributed by atoms with Crippen LogP contribution in [0.4, 0.5) is 4.39 Å². The average molecular weight is 279 g/mol. The number of carbonyl (C=O) groups is 1. The van der Waals surface area contributed by atoms with E-state index in [1.165, 1.54) is 12.1 Å². The van der Waals surface area contributed by atoms with E-state index in [9.17, 15) is 9.18 Å². The molecule has 2 N–H and O–H groups in total. The molecule has 4 nitrogen and oxygen atoms in total. The molecule has 0 saturated carbocycles. The number of piperidine rings is 1. The lowest BCUT2D eigenvalue weighted by Crippen LogP contribution is -2.44. The van der Waals surface area contributed by atoms with Crippen LogP contribution in [0, 0.1) is 5.82 Å². The van der Waals surface area contributed by atoms with Gasteiger partial charge in [-0.25, -0.2) is 4.39 Å². The van der Waals surface area contributed by atoms with Crippen LogP contribution in [0.3, 0.4) is 0 Å². The van der Waals surface area contributed by atoms with Crippen molar-refractivity contribution in [3.8, 4) is 0 Å². The molecule has 1 amide bonds. The lowest BCUT2D eigenvalue weighted by Gasteiger charge is -2.30. The lowest BCUT2D eigenvalue weighted by atomic mass is 10.1. The summed E-state index contributed by atoms with van der Waals surface area (Å²) in [5.41, 5.74) is 6.65. The van der Waals surface area contributed by atoms with Gasteiger partial charge in [0.15, 0.2) is 0 Å². The van der Waals surface area contributed by atoms with Gasteiger partial charge in [0.1, 0.15) is 5.82 Å². The number of hydrogen-bond acceptors (Lipinski definition) is 3. The average Bonchev–Trinajstić information content (AvgIpc) is 2.41. The fourth-order valence-corrected chi connectivity index (χ4v) is 2.42. The standard InChI is InChI=1S/C15H22FN3O/c1-18(10-12-3-2-4-13(16)9-12)15(20)11-19-7-5-14(17)6-8-19/h2-4,9,14H,5-8,10-11,17H2,1H3. The van der Waals surface area contributed by atoms with E-state index < -0.39 is 0 Å². The number of hydrogen-bond donors (Lipinski definition) is 1. The zero-order chi connectivity index (χ0) is 14.5. The van der Waals surface area contributed by atoms with Gasteiger partial charge in [0.2, 0.25) is 5.91 Å². The maximum atomic E-state index is 13.1. The van der Waals surface area contributed by atoms with Gasteiger partial charge in [-0.1, -0.05) is 12.1 Å². The van der Waals surface area contributed by atoms with Gasteiger partial charge in [0.25, 0.3) is 0 Å². The molecule has 1 fully saturated rings. The van der Waals surface area contributed by atoms with Crippen LogP contribution < -0.4 is 5.73 Å². The Labute approximate surface area is 119 Å². The van der Waals surface area contributed by atoms with Crippen LogP contribution in [0.25, 0.3) is 0 Å². The molecule has 1 aromatic carbocycles. The van der Waals surface area contributed by atoms with E-state index in [1.807, 2.05) is 6.07 Å². The highest BCUT2D eigenvalue weighted by atomic mass is 19.1. The maximum absolute atomic E-state index is 13.1. The molecule has 0 bridgehead atoms. The molecule has 5 heteroatoms.